The van der Waals surface area contributed by atoms with Crippen LogP contribution in [-0.4, -0.2) is 54.2 Å². The van der Waals surface area contributed by atoms with E-state index in [0.717, 1.165) is 16.7 Å². The van der Waals surface area contributed by atoms with Crippen LogP contribution in [0.25, 0.3) is 11.1 Å². The Morgan fingerprint density at radius 1 is 1.15 bits per heavy atom. The maximum Gasteiger partial charge on any atom is 0.272 e. The van der Waals surface area contributed by atoms with Gasteiger partial charge in [0.1, 0.15) is 17.5 Å². The molecule has 0 N–H and O–H groups in total. The van der Waals surface area contributed by atoms with Crippen LogP contribution in [0.1, 0.15) is 32.1 Å². The number of benzene rings is 1. The lowest BCUT2D eigenvalue weighted by Crippen LogP contribution is -2.60. The predicted molar refractivity (Wildman–Crippen MR) is 123 cm³/mol. The summed E-state index contributed by atoms with van der Waals surface area (Å²) >= 11 is 6.18. The minimum absolute atomic E-state index is 0.131. The SMILES string of the molecule is Cc1nocc1C(=O)N1CCN2C(=O)c3cc(-c4cnn(C)c4)cn3CC12c1ccc(Cl)cc1. The minimum atomic E-state index is -1.01. The molecule has 1 fully saturated rings. The summed E-state index contributed by atoms with van der Waals surface area (Å²) in [7, 11) is 1.85. The van der Waals surface area contributed by atoms with Crippen molar-refractivity contribution >= 4 is 23.4 Å². The number of carbonyl (C=O) groups is 2. The Bertz CT molecular complexity index is 1440. The summed E-state index contributed by atoms with van der Waals surface area (Å²) in [6.07, 6.45) is 6.99. The first-order valence-corrected chi connectivity index (χ1v) is 11.3. The van der Waals surface area contributed by atoms with E-state index in [1.54, 1.807) is 39.7 Å². The van der Waals surface area contributed by atoms with Gasteiger partial charge in [-0.15, -0.1) is 0 Å². The van der Waals surface area contributed by atoms with Crippen LogP contribution >= 0.6 is 11.6 Å². The summed E-state index contributed by atoms with van der Waals surface area (Å²) in [6, 6.07) is 9.22. The molecule has 0 bridgehead atoms. The van der Waals surface area contributed by atoms with E-state index in [9.17, 15) is 9.59 Å². The quantitative estimate of drug-likeness (QED) is 0.452. The van der Waals surface area contributed by atoms with E-state index in [0.29, 0.717) is 41.6 Å². The zero-order chi connectivity index (χ0) is 23.6. The number of aromatic nitrogens is 4. The number of hydrogen-bond donors (Lipinski definition) is 0. The molecule has 172 valence electrons. The molecular formula is C24H21ClN6O3. The standard InChI is InChI=1S/C24H21ClN6O3/c1-15-20(13-34-27-15)22(32)30-7-8-31-23(33)21-9-16(17-10-26-28(2)11-17)12-29(21)14-24(30,31)18-3-5-19(25)6-4-18/h3-6,9-13H,7-8,14H2,1-2H3. The molecule has 2 aliphatic heterocycles. The Morgan fingerprint density at radius 2 is 1.94 bits per heavy atom. The van der Waals surface area contributed by atoms with E-state index in [1.807, 2.05) is 42.2 Å². The first kappa shape index (κ1) is 20.7. The molecule has 5 heterocycles. The van der Waals surface area contributed by atoms with E-state index in [4.69, 9.17) is 16.1 Å². The number of aryl methyl sites for hydroxylation is 2. The summed E-state index contributed by atoms with van der Waals surface area (Å²) < 4.78 is 8.70. The van der Waals surface area contributed by atoms with Crippen molar-refractivity contribution in [2.45, 2.75) is 19.1 Å². The highest BCUT2D eigenvalue weighted by Gasteiger charge is 2.56. The maximum atomic E-state index is 13.8. The van der Waals surface area contributed by atoms with Crippen molar-refractivity contribution in [3.8, 4) is 11.1 Å². The second-order valence-corrected chi connectivity index (χ2v) is 9.13. The molecule has 1 saturated heterocycles. The molecule has 9 nitrogen and oxygen atoms in total. The Balaban J connectivity index is 1.51. The van der Waals surface area contributed by atoms with Gasteiger partial charge >= 0.3 is 0 Å². The van der Waals surface area contributed by atoms with Crippen LogP contribution in [-0.2, 0) is 19.3 Å². The molecule has 0 radical (unpaired) electrons. The van der Waals surface area contributed by atoms with Crippen LogP contribution in [0.4, 0.5) is 0 Å². The van der Waals surface area contributed by atoms with E-state index in [1.165, 1.54) is 6.26 Å². The lowest BCUT2D eigenvalue weighted by molar-refractivity contribution is -0.00596. The van der Waals surface area contributed by atoms with E-state index < -0.39 is 5.66 Å². The van der Waals surface area contributed by atoms with Crippen LogP contribution in [0.15, 0.2) is 59.7 Å². The van der Waals surface area contributed by atoms with Crippen molar-refractivity contribution in [1.29, 1.82) is 0 Å². The monoisotopic (exact) mass is 476 g/mol. The lowest BCUT2D eigenvalue weighted by atomic mass is 9.93. The molecule has 4 aromatic rings. The van der Waals surface area contributed by atoms with Crippen molar-refractivity contribution in [1.82, 2.24) is 29.3 Å². The highest BCUT2D eigenvalue weighted by Crippen LogP contribution is 2.44. The summed E-state index contributed by atoms with van der Waals surface area (Å²) in [5.41, 5.74) is 3.10. The Labute approximate surface area is 200 Å². The maximum absolute atomic E-state index is 13.8. The van der Waals surface area contributed by atoms with E-state index in [2.05, 4.69) is 10.3 Å². The van der Waals surface area contributed by atoms with Crippen molar-refractivity contribution in [3.63, 3.8) is 0 Å². The van der Waals surface area contributed by atoms with Crippen molar-refractivity contribution in [3.05, 3.63) is 82.7 Å². The molecule has 34 heavy (non-hydrogen) atoms. The van der Waals surface area contributed by atoms with Crippen molar-refractivity contribution in [2.75, 3.05) is 13.1 Å². The number of carbonyl (C=O) groups excluding carboxylic acids is 2. The Hall–Kier alpha value is -3.85. The fourth-order valence-corrected chi connectivity index (χ4v) is 5.24. The van der Waals surface area contributed by atoms with Gasteiger partial charge in [-0.2, -0.15) is 5.10 Å². The third-order valence-electron chi connectivity index (χ3n) is 6.76. The largest absolute Gasteiger partial charge is 0.364 e. The molecule has 1 atom stereocenters. The van der Waals surface area contributed by atoms with Gasteiger partial charge in [0.15, 0.2) is 5.66 Å². The second-order valence-electron chi connectivity index (χ2n) is 8.70. The van der Waals surface area contributed by atoms with E-state index in [-0.39, 0.29) is 11.8 Å². The van der Waals surface area contributed by atoms with Gasteiger partial charge < -0.3 is 18.9 Å². The van der Waals surface area contributed by atoms with Crippen molar-refractivity contribution < 1.29 is 14.1 Å². The average molecular weight is 477 g/mol. The molecule has 6 rings (SSSR count). The smallest absolute Gasteiger partial charge is 0.272 e. The number of fused-ring (bicyclic) bond motifs is 2. The number of nitrogens with zero attached hydrogens (tertiary/aromatic N) is 6. The molecule has 0 spiro atoms. The average Bonchev–Trinajstić information content (AvgIpc) is 3.59. The van der Waals surface area contributed by atoms with Gasteiger partial charge in [0, 0.05) is 54.2 Å². The second kappa shape index (κ2) is 7.33. The zero-order valence-corrected chi connectivity index (χ0v) is 19.4. The first-order valence-electron chi connectivity index (χ1n) is 10.9. The minimum Gasteiger partial charge on any atom is -0.364 e. The number of amides is 2. The molecule has 2 amide bonds. The topological polar surface area (TPSA) is 89.4 Å². The van der Waals surface area contributed by atoms with Gasteiger partial charge in [0.25, 0.3) is 11.8 Å². The third kappa shape index (κ3) is 2.86. The van der Waals surface area contributed by atoms with Crippen LogP contribution in [0.3, 0.4) is 0 Å². The van der Waals surface area contributed by atoms with Crippen LogP contribution in [0.2, 0.25) is 5.02 Å². The fourth-order valence-electron chi connectivity index (χ4n) is 5.11. The van der Waals surface area contributed by atoms with Gasteiger partial charge in [-0.25, -0.2) is 0 Å². The number of halogens is 1. The number of rotatable bonds is 3. The van der Waals surface area contributed by atoms with Gasteiger partial charge in [0.05, 0.1) is 18.4 Å². The molecule has 1 unspecified atom stereocenters. The molecular weight excluding hydrogens is 456 g/mol. The molecule has 10 heteroatoms. The molecule has 0 saturated carbocycles. The molecule has 0 aliphatic carbocycles. The van der Waals surface area contributed by atoms with Gasteiger partial charge in [0.2, 0.25) is 0 Å². The van der Waals surface area contributed by atoms with Crippen LogP contribution in [0, 0.1) is 6.92 Å². The van der Waals surface area contributed by atoms with Crippen LogP contribution < -0.4 is 0 Å². The summed E-state index contributed by atoms with van der Waals surface area (Å²) in [5.74, 6) is -0.360. The fraction of sp³-hybridized carbons (Fsp3) is 0.250. The summed E-state index contributed by atoms with van der Waals surface area (Å²) in [4.78, 5) is 31.1. The summed E-state index contributed by atoms with van der Waals surface area (Å²) in [6.45, 7) is 2.91. The first-order chi connectivity index (χ1) is 16.4. The number of hydrogen-bond acceptors (Lipinski definition) is 5. The molecule has 3 aromatic heterocycles. The Kier molecular flexibility index (Phi) is 4.47. The highest BCUT2D eigenvalue weighted by atomic mass is 35.5. The zero-order valence-electron chi connectivity index (χ0n) is 18.6. The lowest BCUT2D eigenvalue weighted by Gasteiger charge is -2.47. The normalized spacial score (nSPS) is 19.4. The Morgan fingerprint density at radius 3 is 2.62 bits per heavy atom. The van der Waals surface area contributed by atoms with Gasteiger partial charge in [-0.3, -0.25) is 14.3 Å². The molecule has 2 aliphatic rings. The summed E-state index contributed by atoms with van der Waals surface area (Å²) in [5, 5.41) is 8.71. The van der Waals surface area contributed by atoms with Gasteiger partial charge in [-0.1, -0.05) is 28.9 Å². The van der Waals surface area contributed by atoms with Gasteiger partial charge in [-0.05, 0) is 25.1 Å². The van der Waals surface area contributed by atoms with Crippen LogP contribution in [0.5, 0.6) is 0 Å². The highest BCUT2D eigenvalue weighted by molar-refractivity contribution is 6.30. The molecule has 1 aromatic carbocycles. The third-order valence-corrected chi connectivity index (χ3v) is 7.01. The predicted octanol–water partition coefficient (Wildman–Crippen LogP) is 3.30. The van der Waals surface area contributed by atoms with E-state index >= 15 is 0 Å². The van der Waals surface area contributed by atoms with Crippen molar-refractivity contribution in [2.24, 2.45) is 7.05 Å².